The van der Waals surface area contributed by atoms with Gasteiger partial charge in [0.05, 0.1) is 16.6 Å². The van der Waals surface area contributed by atoms with E-state index in [0.29, 0.717) is 17.4 Å². The van der Waals surface area contributed by atoms with Crippen molar-refractivity contribution in [2.24, 2.45) is 0 Å². The van der Waals surface area contributed by atoms with E-state index in [-0.39, 0.29) is 5.91 Å². The smallest absolute Gasteiger partial charge is 0.227 e. The summed E-state index contributed by atoms with van der Waals surface area (Å²) in [6, 6.07) is 9.42. The van der Waals surface area contributed by atoms with Crippen molar-refractivity contribution in [3.05, 3.63) is 51.7 Å². The van der Waals surface area contributed by atoms with Crippen LogP contribution in [-0.4, -0.2) is 55.1 Å². The third kappa shape index (κ3) is 3.75. The molecule has 3 heterocycles. The normalized spacial score (nSPS) is 18.2. The van der Waals surface area contributed by atoms with E-state index in [2.05, 4.69) is 16.3 Å². The van der Waals surface area contributed by atoms with Crippen molar-refractivity contribution in [1.82, 2.24) is 9.80 Å². The minimum absolute atomic E-state index is 0.115. The minimum atomic E-state index is -3.27. The van der Waals surface area contributed by atoms with Gasteiger partial charge in [0.15, 0.2) is 9.84 Å². The van der Waals surface area contributed by atoms with E-state index in [9.17, 15) is 13.2 Å². The molecule has 0 atom stereocenters. The summed E-state index contributed by atoms with van der Waals surface area (Å²) in [4.78, 5) is 18.8. The van der Waals surface area contributed by atoms with Crippen LogP contribution in [0.15, 0.2) is 40.6 Å². The molecule has 1 aromatic heterocycles. The fourth-order valence-electron chi connectivity index (χ4n) is 3.83. The Morgan fingerprint density at radius 3 is 2.57 bits per heavy atom. The van der Waals surface area contributed by atoms with Gasteiger partial charge in [0.1, 0.15) is 0 Å². The first kappa shape index (κ1) is 19.6. The molecule has 4 rings (SSSR count). The summed E-state index contributed by atoms with van der Waals surface area (Å²) in [7, 11) is -3.27. The van der Waals surface area contributed by atoms with Crippen LogP contribution < -0.4 is 0 Å². The zero-order valence-corrected chi connectivity index (χ0v) is 17.9. The number of hydrogen-bond donors (Lipinski definition) is 0. The molecule has 1 saturated heterocycles. The predicted octanol–water partition coefficient (Wildman–Crippen LogP) is 2.74. The Kier molecular flexibility index (Phi) is 5.33. The molecule has 0 N–H and O–H groups in total. The van der Waals surface area contributed by atoms with Gasteiger partial charge in [0, 0.05) is 37.1 Å². The van der Waals surface area contributed by atoms with E-state index in [1.165, 1.54) is 10.4 Å². The zero-order chi connectivity index (χ0) is 19.9. The molecule has 2 aliphatic rings. The summed E-state index contributed by atoms with van der Waals surface area (Å²) >= 11 is 1.85. The van der Waals surface area contributed by atoms with Crippen LogP contribution in [0.3, 0.4) is 0 Å². The number of hydrogen-bond acceptors (Lipinski definition) is 5. The maximum Gasteiger partial charge on any atom is 0.227 e. The molecule has 2 aliphatic heterocycles. The van der Waals surface area contributed by atoms with Gasteiger partial charge in [-0.15, -0.1) is 11.3 Å². The lowest BCUT2D eigenvalue weighted by molar-refractivity contribution is -0.138. The quantitative estimate of drug-likeness (QED) is 0.749. The Bertz CT molecular complexity index is 958. The highest BCUT2D eigenvalue weighted by Gasteiger charge is 2.36. The number of thiophene rings is 1. The summed E-state index contributed by atoms with van der Waals surface area (Å²) in [6.45, 7) is 7.00. The number of benzene rings is 1. The van der Waals surface area contributed by atoms with Crippen LogP contribution in [0.1, 0.15) is 29.9 Å². The van der Waals surface area contributed by atoms with Crippen molar-refractivity contribution < 1.29 is 13.2 Å². The molecule has 2 aromatic rings. The highest BCUT2D eigenvalue weighted by molar-refractivity contribution is 7.92. The van der Waals surface area contributed by atoms with Gasteiger partial charge in [-0.2, -0.15) is 0 Å². The molecule has 1 amide bonds. The lowest BCUT2D eigenvalue weighted by atomic mass is 10.0. The van der Waals surface area contributed by atoms with Gasteiger partial charge in [-0.05, 0) is 55.0 Å². The van der Waals surface area contributed by atoms with E-state index >= 15 is 0 Å². The van der Waals surface area contributed by atoms with Crippen LogP contribution in [-0.2, 0) is 34.0 Å². The Labute approximate surface area is 170 Å². The van der Waals surface area contributed by atoms with Crippen molar-refractivity contribution in [2.45, 2.75) is 49.4 Å². The molecule has 150 valence electrons. The van der Waals surface area contributed by atoms with Crippen molar-refractivity contribution >= 4 is 27.1 Å². The molecule has 0 unspecified atom stereocenters. The van der Waals surface area contributed by atoms with Gasteiger partial charge in [0.2, 0.25) is 5.91 Å². The first-order valence-corrected chi connectivity index (χ1v) is 12.2. The molecule has 0 spiro atoms. The number of amides is 1. The van der Waals surface area contributed by atoms with Crippen LogP contribution in [0.25, 0.3) is 0 Å². The van der Waals surface area contributed by atoms with Gasteiger partial charge in [-0.3, -0.25) is 9.69 Å². The molecule has 28 heavy (non-hydrogen) atoms. The van der Waals surface area contributed by atoms with E-state index in [4.69, 9.17) is 0 Å². The van der Waals surface area contributed by atoms with Crippen molar-refractivity contribution in [2.75, 3.05) is 19.6 Å². The second-order valence-corrected chi connectivity index (χ2v) is 11.5. The lowest BCUT2D eigenvalue weighted by Crippen LogP contribution is -2.61. The maximum absolute atomic E-state index is 12.6. The number of rotatable bonds is 5. The van der Waals surface area contributed by atoms with E-state index in [1.807, 2.05) is 16.2 Å². The van der Waals surface area contributed by atoms with E-state index < -0.39 is 15.1 Å². The highest BCUT2D eigenvalue weighted by Crippen LogP contribution is 2.28. The Hall–Kier alpha value is -1.70. The average Bonchev–Trinajstić information content (AvgIpc) is 3.08. The third-order valence-electron chi connectivity index (χ3n) is 5.80. The Morgan fingerprint density at radius 2 is 1.89 bits per heavy atom. The molecule has 0 bridgehead atoms. The van der Waals surface area contributed by atoms with Crippen LogP contribution in [0.2, 0.25) is 0 Å². The van der Waals surface area contributed by atoms with Crippen molar-refractivity contribution in [3.8, 4) is 0 Å². The number of fused-ring (bicyclic) bond motifs is 1. The second kappa shape index (κ2) is 7.61. The summed E-state index contributed by atoms with van der Waals surface area (Å²) in [5, 5.41) is 1.72. The number of carbonyl (C=O) groups excluding carboxylic acids is 1. The predicted molar refractivity (Wildman–Crippen MR) is 111 cm³/mol. The van der Waals surface area contributed by atoms with Crippen LogP contribution in [0.5, 0.6) is 0 Å². The SMILES string of the molecule is CC(C)S(=O)(=O)c1ccc(CC(=O)N2CC(N3CCc4sccc4C3)C2)cc1. The van der Waals surface area contributed by atoms with Crippen LogP contribution >= 0.6 is 11.3 Å². The van der Waals surface area contributed by atoms with Gasteiger partial charge >= 0.3 is 0 Å². The zero-order valence-electron chi connectivity index (χ0n) is 16.3. The highest BCUT2D eigenvalue weighted by atomic mass is 32.2. The molecule has 5 nitrogen and oxygen atoms in total. The fraction of sp³-hybridized carbons (Fsp3) is 0.476. The summed E-state index contributed by atoms with van der Waals surface area (Å²) in [5.74, 6) is 0.115. The summed E-state index contributed by atoms with van der Waals surface area (Å²) in [6.07, 6.45) is 1.44. The molecule has 0 saturated carbocycles. The van der Waals surface area contributed by atoms with Gasteiger partial charge in [-0.1, -0.05) is 12.1 Å². The Morgan fingerprint density at radius 1 is 1.18 bits per heavy atom. The molecule has 7 heteroatoms. The van der Waals surface area contributed by atoms with Crippen molar-refractivity contribution in [3.63, 3.8) is 0 Å². The van der Waals surface area contributed by atoms with Crippen LogP contribution in [0, 0.1) is 0 Å². The lowest BCUT2D eigenvalue weighted by Gasteiger charge is -2.46. The largest absolute Gasteiger partial charge is 0.339 e. The third-order valence-corrected chi connectivity index (χ3v) is 8.99. The van der Waals surface area contributed by atoms with Crippen LogP contribution in [0.4, 0.5) is 0 Å². The van der Waals surface area contributed by atoms with Gasteiger partial charge in [0.25, 0.3) is 0 Å². The second-order valence-electron chi connectivity index (χ2n) is 7.96. The van der Waals surface area contributed by atoms with Gasteiger partial charge < -0.3 is 4.90 Å². The molecule has 0 aliphatic carbocycles. The fourth-order valence-corrected chi connectivity index (χ4v) is 5.78. The summed E-state index contributed by atoms with van der Waals surface area (Å²) in [5.41, 5.74) is 2.30. The standard InChI is InChI=1S/C21H26N2O3S2/c1-15(2)28(25,26)19-5-3-16(4-6-19)11-21(24)23-13-18(14-23)22-9-7-20-17(12-22)8-10-27-20/h3-6,8,10,15,18H,7,9,11-14H2,1-2H3. The van der Waals surface area contributed by atoms with E-state index in [1.54, 1.807) is 38.1 Å². The number of likely N-dealkylation sites (tertiary alicyclic amines) is 1. The molecule has 1 aromatic carbocycles. The first-order chi connectivity index (χ1) is 13.3. The average molecular weight is 419 g/mol. The number of sulfone groups is 1. The molecule has 1 fully saturated rings. The number of carbonyl (C=O) groups is 1. The molecular formula is C21H26N2O3S2. The maximum atomic E-state index is 12.6. The number of nitrogens with zero attached hydrogens (tertiary/aromatic N) is 2. The Balaban J connectivity index is 1.30. The monoisotopic (exact) mass is 418 g/mol. The molecular weight excluding hydrogens is 392 g/mol. The topological polar surface area (TPSA) is 57.7 Å². The molecule has 0 radical (unpaired) electrons. The minimum Gasteiger partial charge on any atom is -0.339 e. The van der Waals surface area contributed by atoms with Gasteiger partial charge in [-0.25, -0.2) is 8.42 Å². The first-order valence-electron chi connectivity index (χ1n) is 9.74. The summed E-state index contributed by atoms with van der Waals surface area (Å²) < 4.78 is 24.4. The van der Waals surface area contributed by atoms with Crippen molar-refractivity contribution in [1.29, 1.82) is 0 Å². The van der Waals surface area contributed by atoms with E-state index in [0.717, 1.165) is 38.2 Å².